The largest absolute Gasteiger partial charge is 0.478 e. The molecule has 1 rings (SSSR count). The minimum absolute atomic E-state index is 0.462. The molecular weight excluding hydrogens is 110 g/mol. The first-order valence-electron chi connectivity index (χ1n) is 1.90. The molecule has 0 saturated heterocycles. The Kier molecular flexibility index (Phi) is 1.81. The van der Waals surface area contributed by atoms with Crippen molar-refractivity contribution < 1.29 is 4.74 Å². The van der Waals surface area contributed by atoms with E-state index in [2.05, 4.69) is 4.99 Å². The Labute approximate surface area is 46.3 Å². The van der Waals surface area contributed by atoms with E-state index in [9.17, 15) is 0 Å². The minimum Gasteiger partial charge on any atom is -0.478 e. The van der Waals surface area contributed by atoms with Crippen LogP contribution in [0.4, 0.5) is 0 Å². The van der Waals surface area contributed by atoms with Gasteiger partial charge in [0.1, 0.15) is 0 Å². The van der Waals surface area contributed by atoms with Crippen LogP contribution in [-0.2, 0) is 4.74 Å². The van der Waals surface area contributed by atoms with Gasteiger partial charge in [-0.3, -0.25) is 0 Å². The van der Waals surface area contributed by atoms with Crippen LogP contribution in [0.3, 0.4) is 0 Å². The van der Waals surface area contributed by atoms with Gasteiger partial charge in [-0.2, -0.15) is 0 Å². The van der Waals surface area contributed by atoms with Gasteiger partial charge < -0.3 is 4.74 Å². The number of thioether (sulfide) groups is 1. The van der Waals surface area contributed by atoms with E-state index in [1.807, 2.05) is 5.41 Å². The molecule has 0 unspecified atom stereocenters. The molecule has 0 aromatic rings. The summed E-state index contributed by atoms with van der Waals surface area (Å²) in [5.74, 6) is 0. The first-order chi connectivity index (χ1) is 3.50. The van der Waals surface area contributed by atoms with Gasteiger partial charge in [0, 0.05) is 5.41 Å². The molecule has 0 fully saturated rings. The Balaban J connectivity index is 2.38. The summed E-state index contributed by atoms with van der Waals surface area (Å²) in [5.41, 5.74) is 1.75. The summed E-state index contributed by atoms with van der Waals surface area (Å²) in [4.78, 5) is 3.82. The fourth-order valence-electron chi connectivity index (χ4n) is 0.266. The molecule has 1 aliphatic rings. The van der Waals surface area contributed by atoms with Gasteiger partial charge in [0.2, 0.25) is 0 Å². The van der Waals surface area contributed by atoms with Gasteiger partial charge in [-0.05, 0) is 0 Å². The Morgan fingerprint density at radius 2 is 2.71 bits per heavy atom. The number of aliphatic imine (C=N–C) groups is 1. The molecule has 1 aliphatic heterocycles. The fourth-order valence-corrected chi connectivity index (χ4v) is 0.626. The molecule has 0 N–H and O–H groups in total. The number of nitrogens with zero attached hydrogens (tertiary/aromatic N) is 1. The van der Waals surface area contributed by atoms with Crippen molar-refractivity contribution in [3.05, 3.63) is 11.7 Å². The van der Waals surface area contributed by atoms with Crippen molar-refractivity contribution in [3.8, 4) is 0 Å². The quantitative estimate of drug-likeness (QED) is 0.473. The van der Waals surface area contributed by atoms with Crippen molar-refractivity contribution in [1.29, 1.82) is 0 Å². The van der Waals surface area contributed by atoms with Gasteiger partial charge in [0.25, 0.3) is 0 Å². The van der Waals surface area contributed by atoms with Crippen LogP contribution >= 0.6 is 11.8 Å². The standard InChI is InChI=1S/C4H5NOS/c1-2-7-4-5-3-6-1/h1-2,4H,3H2. The van der Waals surface area contributed by atoms with E-state index in [0.29, 0.717) is 6.73 Å². The molecule has 0 aromatic carbocycles. The van der Waals surface area contributed by atoms with E-state index in [4.69, 9.17) is 4.74 Å². The Morgan fingerprint density at radius 1 is 1.71 bits per heavy atom. The van der Waals surface area contributed by atoms with Crippen molar-refractivity contribution in [1.82, 2.24) is 0 Å². The van der Waals surface area contributed by atoms with Gasteiger partial charge >= 0.3 is 0 Å². The van der Waals surface area contributed by atoms with Gasteiger partial charge in [-0.25, -0.2) is 4.99 Å². The van der Waals surface area contributed by atoms with Crippen LogP contribution in [0.5, 0.6) is 0 Å². The van der Waals surface area contributed by atoms with Gasteiger partial charge in [0.15, 0.2) is 6.73 Å². The lowest BCUT2D eigenvalue weighted by atomic mass is 11.1. The maximum Gasteiger partial charge on any atom is 0.178 e. The second kappa shape index (κ2) is 2.69. The molecular formula is C4H5NOS. The lowest BCUT2D eigenvalue weighted by Crippen LogP contribution is -1.76. The van der Waals surface area contributed by atoms with E-state index in [0.717, 1.165) is 0 Å². The SMILES string of the molecule is C1=CSC=NCO1. The predicted molar refractivity (Wildman–Crippen MR) is 31.2 cm³/mol. The Hall–Kier alpha value is -0.440. The zero-order valence-corrected chi connectivity index (χ0v) is 4.52. The lowest BCUT2D eigenvalue weighted by molar-refractivity contribution is 0.263. The monoisotopic (exact) mass is 115 g/mol. The predicted octanol–water partition coefficient (Wildman–Crippen LogP) is 1.21. The molecule has 0 aromatic heterocycles. The lowest BCUT2D eigenvalue weighted by Gasteiger charge is -1.85. The zero-order chi connectivity index (χ0) is 4.95. The third kappa shape index (κ3) is 1.64. The highest BCUT2D eigenvalue weighted by atomic mass is 32.2. The summed E-state index contributed by atoms with van der Waals surface area (Å²) in [6, 6.07) is 0. The highest BCUT2D eigenvalue weighted by Gasteiger charge is 1.79. The number of hydrogen-bond acceptors (Lipinski definition) is 3. The molecule has 2 nitrogen and oxygen atoms in total. The van der Waals surface area contributed by atoms with Crippen LogP contribution in [0.15, 0.2) is 16.7 Å². The Bertz CT molecular complexity index is 87.9. The normalized spacial score (nSPS) is 18.3. The summed E-state index contributed by atoms with van der Waals surface area (Å²) < 4.78 is 4.80. The maximum absolute atomic E-state index is 4.80. The van der Waals surface area contributed by atoms with Crippen molar-refractivity contribution in [2.24, 2.45) is 4.99 Å². The molecule has 0 spiro atoms. The van der Waals surface area contributed by atoms with E-state index in [-0.39, 0.29) is 0 Å². The summed E-state index contributed by atoms with van der Waals surface area (Å²) in [6.07, 6.45) is 1.64. The van der Waals surface area contributed by atoms with Crippen LogP contribution in [-0.4, -0.2) is 12.3 Å². The Morgan fingerprint density at radius 3 is 3.71 bits per heavy atom. The molecule has 0 bridgehead atoms. The van der Waals surface area contributed by atoms with Gasteiger partial charge in [-0.15, -0.1) is 0 Å². The second-order valence-corrected chi connectivity index (χ2v) is 1.75. The molecule has 0 aliphatic carbocycles. The molecule has 0 amide bonds. The van der Waals surface area contributed by atoms with Crippen molar-refractivity contribution in [3.63, 3.8) is 0 Å². The van der Waals surface area contributed by atoms with Crippen LogP contribution in [0.2, 0.25) is 0 Å². The van der Waals surface area contributed by atoms with Crippen LogP contribution in [0.1, 0.15) is 0 Å². The van der Waals surface area contributed by atoms with E-state index in [1.54, 1.807) is 11.8 Å². The summed E-state index contributed by atoms with van der Waals surface area (Å²) >= 11 is 1.52. The van der Waals surface area contributed by atoms with Gasteiger partial charge in [-0.1, -0.05) is 11.8 Å². The van der Waals surface area contributed by atoms with Gasteiger partial charge in [0.05, 0.1) is 11.8 Å². The average Bonchev–Trinajstić information content (AvgIpc) is 1.90. The minimum atomic E-state index is 0.462. The molecule has 1 heterocycles. The highest BCUT2D eigenvalue weighted by Crippen LogP contribution is 1.99. The van der Waals surface area contributed by atoms with E-state index < -0.39 is 0 Å². The summed E-state index contributed by atoms with van der Waals surface area (Å²) in [7, 11) is 0. The van der Waals surface area contributed by atoms with Crippen molar-refractivity contribution in [2.45, 2.75) is 0 Å². The van der Waals surface area contributed by atoms with Crippen LogP contribution in [0.25, 0.3) is 0 Å². The van der Waals surface area contributed by atoms with Crippen molar-refractivity contribution >= 4 is 17.3 Å². The number of hydrogen-bond donors (Lipinski definition) is 0. The smallest absolute Gasteiger partial charge is 0.178 e. The number of rotatable bonds is 0. The molecule has 3 heteroatoms. The molecule has 0 saturated carbocycles. The third-order valence-corrected chi connectivity index (χ3v) is 1.05. The van der Waals surface area contributed by atoms with Crippen LogP contribution < -0.4 is 0 Å². The average molecular weight is 115 g/mol. The summed E-state index contributed by atoms with van der Waals surface area (Å²) in [6.45, 7) is 0.462. The van der Waals surface area contributed by atoms with E-state index >= 15 is 0 Å². The maximum atomic E-state index is 4.80. The zero-order valence-electron chi connectivity index (χ0n) is 3.70. The molecule has 7 heavy (non-hydrogen) atoms. The summed E-state index contributed by atoms with van der Waals surface area (Å²) in [5, 5.41) is 1.84. The fraction of sp³-hybridized carbons (Fsp3) is 0.250. The molecule has 0 atom stereocenters. The number of ether oxygens (including phenoxy) is 1. The van der Waals surface area contributed by atoms with Crippen LogP contribution in [0, 0.1) is 0 Å². The highest BCUT2D eigenvalue weighted by molar-refractivity contribution is 8.14. The molecule has 0 radical (unpaired) electrons. The third-order valence-electron chi connectivity index (χ3n) is 0.515. The van der Waals surface area contributed by atoms with Crippen molar-refractivity contribution in [2.75, 3.05) is 6.73 Å². The topological polar surface area (TPSA) is 21.6 Å². The first kappa shape index (κ1) is 4.71. The molecule has 38 valence electrons. The first-order valence-corrected chi connectivity index (χ1v) is 2.85. The van der Waals surface area contributed by atoms with E-state index in [1.165, 1.54) is 11.8 Å². The second-order valence-electron chi connectivity index (χ2n) is 0.992.